The number of nitrogens with one attached hydrogen (secondary N) is 1. The molecule has 0 aliphatic rings. The third-order valence-corrected chi connectivity index (χ3v) is 4.98. The summed E-state index contributed by atoms with van der Waals surface area (Å²) in [5, 5.41) is 12.4. The van der Waals surface area contributed by atoms with Crippen LogP contribution in [0.2, 0.25) is 0 Å². The number of aromatic carboxylic acids is 1. The van der Waals surface area contributed by atoms with Crippen molar-refractivity contribution in [2.24, 2.45) is 5.92 Å². The van der Waals surface area contributed by atoms with Gasteiger partial charge in [-0.25, -0.2) is 9.78 Å². The fourth-order valence-corrected chi connectivity index (χ4v) is 3.63. The van der Waals surface area contributed by atoms with Gasteiger partial charge in [-0.1, -0.05) is 13.8 Å². The van der Waals surface area contributed by atoms with Gasteiger partial charge in [-0.15, -0.1) is 11.3 Å². The molecule has 7 heteroatoms. The van der Waals surface area contributed by atoms with E-state index in [4.69, 9.17) is 10.8 Å². The van der Waals surface area contributed by atoms with E-state index >= 15 is 0 Å². The van der Waals surface area contributed by atoms with Gasteiger partial charge in [0.15, 0.2) is 0 Å². The second-order valence-electron chi connectivity index (χ2n) is 6.43. The maximum absolute atomic E-state index is 12.6. The van der Waals surface area contributed by atoms with Gasteiger partial charge in [0.1, 0.15) is 9.71 Å². The average molecular weight is 369 g/mol. The van der Waals surface area contributed by atoms with Gasteiger partial charge in [0.25, 0.3) is 5.91 Å². The lowest BCUT2D eigenvalue weighted by atomic mass is 10.1. The van der Waals surface area contributed by atoms with Crippen LogP contribution in [0.1, 0.15) is 39.6 Å². The first-order valence-corrected chi connectivity index (χ1v) is 8.99. The van der Waals surface area contributed by atoms with Crippen LogP contribution in [-0.2, 0) is 6.42 Å². The molecule has 3 aromatic rings. The predicted molar refractivity (Wildman–Crippen MR) is 104 cm³/mol. The first kappa shape index (κ1) is 17.9. The summed E-state index contributed by atoms with van der Waals surface area (Å²) in [6.07, 6.45) is 0.866. The zero-order valence-corrected chi connectivity index (χ0v) is 15.3. The molecule has 0 radical (unpaired) electrons. The Bertz CT molecular complexity index is 978. The number of benzene rings is 1. The molecule has 0 saturated heterocycles. The van der Waals surface area contributed by atoms with Gasteiger partial charge in [0.2, 0.25) is 0 Å². The monoisotopic (exact) mass is 369 g/mol. The fourth-order valence-electron chi connectivity index (χ4n) is 2.62. The number of aromatic nitrogens is 1. The molecule has 4 N–H and O–H groups in total. The Balaban J connectivity index is 1.85. The number of carboxylic acid groups (broad SMARTS) is 1. The van der Waals surface area contributed by atoms with Crippen LogP contribution in [0.15, 0.2) is 36.4 Å². The Kier molecular flexibility index (Phi) is 4.90. The minimum absolute atomic E-state index is 0.159. The largest absolute Gasteiger partial charge is 0.478 e. The Hall–Kier alpha value is -2.93. The van der Waals surface area contributed by atoms with E-state index in [1.165, 1.54) is 23.5 Å². The van der Waals surface area contributed by atoms with E-state index in [2.05, 4.69) is 24.1 Å². The summed E-state index contributed by atoms with van der Waals surface area (Å²) in [5.74, 6) is -0.854. The number of carbonyl (C=O) groups excluding carboxylic acids is 1. The molecule has 26 heavy (non-hydrogen) atoms. The minimum atomic E-state index is -1.01. The second-order valence-corrected chi connectivity index (χ2v) is 7.43. The summed E-state index contributed by atoms with van der Waals surface area (Å²) in [6.45, 7) is 4.26. The number of anilines is 2. The maximum Gasteiger partial charge on any atom is 0.335 e. The first-order chi connectivity index (χ1) is 12.3. The SMILES string of the molecule is CC(C)Cc1ccc2c(N)c(C(=O)Nc3ccc(C(=O)O)cc3)sc2n1. The molecule has 0 unspecified atom stereocenters. The molecule has 0 spiro atoms. The van der Waals surface area contributed by atoms with Crippen molar-refractivity contribution in [3.8, 4) is 0 Å². The lowest BCUT2D eigenvalue weighted by molar-refractivity contribution is 0.0696. The van der Waals surface area contributed by atoms with Crippen molar-refractivity contribution in [2.75, 3.05) is 11.1 Å². The number of nitrogens with two attached hydrogens (primary N) is 1. The Labute approximate surface area is 154 Å². The van der Waals surface area contributed by atoms with Crippen LogP contribution < -0.4 is 11.1 Å². The number of nitrogen functional groups attached to an aromatic ring is 1. The molecule has 0 atom stereocenters. The van der Waals surface area contributed by atoms with Crippen LogP contribution in [0, 0.1) is 5.92 Å². The highest BCUT2D eigenvalue weighted by Crippen LogP contribution is 2.33. The molecule has 0 aliphatic heterocycles. The lowest BCUT2D eigenvalue weighted by Crippen LogP contribution is -2.12. The van der Waals surface area contributed by atoms with Gasteiger partial charge in [-0.3, -0.25) is 4.79 Å². The van der Waals surface area contributed by atoms with Crippen LogP contribution in [-0.4, -0.2) is 22.0 Å². The summed E-state index contributed by atoms with van der Waals surface area (Å²) < 4.78 is 0. The van der Waals surface area contributed by atoms with Gasteiger partial charge in [-0.05, 0) is 48.7 Å². The smallest absolute Gasteiger partial charge is 0.335 e. The molecule has 0 fully saturated rings. The molecule has 1 aromatic carbocycles. The van der Waals surface area contributed by atoms with Gasteiger partial charge < -0.3 is 16.2 Å². The van der Waals surface area contributed by atoms with Crippen molar-refractivity contribution in [3.05, 3.63) is 52.5 Å². The first-order valence-electron chi connectivity index (χ1n) is 8.17. The Morgan fingerprint density at radius 2 is 1.88 bits per heavy atom. The van der Waals surface area contributed by atoms with Crippen molar-refractivity contribution >= 4 is 44.8 Å². The molecule has 2 aromatic heterocycles. The molecule has 2 heterocycles. The summed E-state index contributed by atoms with van der Waals surface area (Å²) in [7, 11) is 0. The van der Waals surface area contributed by atoms with Crippen molar-refractivity contribution in [1.82, 2.24) is 4.98 Å². The van der Waals surface area contributed by atoms with Crippen molar-refractivity contribution in [3.63, 3.8) is 0 Å². The molecule has 0 bridgehead atoms. The van der Waals surface area contributed by atoms with Crippen LogP contribution in [0.25, 0.3) is 10.2 Å². The van der Waals surface area contributed by atoms with E-state index in [-0.39, 0.29) is 11.5 Å². The van der Waals surface area contributed by atoms with E-state index in [9.17, 15) is 9.59 Å². The summed E-state index contributed by atoms with van der Waals surface area (Å²) in [4.78, 5) is 29.2. The summed E-state index contributed by atoms with van der Waals surface area (Å²) in [5.41, 5.74) is 8.19. The van der Waals surface area contributed by atoms with Crippen molar-refractivity contribution < 1.29 is 14.7 Å². The van der Waals surface area contributed by atoms with Crippen LogP contribution >= 0.6 is 11.3 Å². The molecule has 0 aliphatic carbocycles. The van der Waals surface area contributed by atoms with E-state index in [1.54, 1.807) is 12.1 Å². The number of amides is 1. The van der Waals surface area contributed by atoms with Crippen LogP contribution in [0.4, 0.5) is 11.4 Å². The normalized spacial score (nSPS) is 11.0. The maximum atomic E-state index is 12.6. The van der Waals surface area contributed by atoms with E-state index < -0.39 is 5.97 Å². The third-order valence-electron chi connectivity index (χ3n) is 3.86. The highest BCUT2D eigenvalue weighted by molar-refractivity contribution is 7.21. The van der Waals surface area contributed by atoms with Crippen LogP contribution in [0.3, 0.4) is 0 Å². The lowest BCUT2D eigenvalue weighted by Gasteiger charge is -2.04. The molecule has 134 valence electrons. The van der Waals surface area contributed by atoms with Gasteiger partial charge in [-0.2, -0.15) is 0 Å². The molecule has 1 amide bonds. The van der Waals surface area contributed by atoms with Gasteiger partial charge >= 0.3 is 5.97 Å². The Morgan fingerprint density at radius 1 is 1.19 bits per heavy atom. The van der Waals surface area contributed by atoms with Crippen molar-refractivity contribution in [2.45, 2.75) is 20.3 Å². The highest BCUT2D eigenvalue weighted by atomic mass is 32.1. The highest BCUT2D eigenvalue weighted by Gasteiger charge is 2.18. The number of pyridine rings is 1. The number of carboxylic acids is 1. The number of hydrogen-bond donors (Lipinski definition) is 3. The molecule has 0 saturated carbocycles. The van der Waals surface area contributed by atoms with E-state index in [1.807, 2.05) is 12.1 Å². The average Bonchev–Trinajstić information content (AvgIpc) is 2.91. The second kappa shape index (κ2) is 7.13. The summed E-state index contributed by atoms with van der Waals surface area (Å²) in [6, 6.07) is 9.81. The number of fused-ring (bicyclic) bond motifs is 1. The number of nitrogens with zero attached hydrogens (tertiary/aromatic N) is 1. The van der Waals surface area contributed by atoms with E-state index in [0.717, 1.165) is 22.3 Å². The minimum Gasteiger partial charge on any atom is -0.478 e. The molecule has 6 nitrogen and oxygen atoms in total. The van der Waals surface area contributed by atoms with Gasteiger partial charge in [0.05, 0.1) is 11.3 Å². The molecular weight excluding hydrogens is 350 g/mol. The Morgan fingerprint density at radius 3 is 2.50 bits per heavy atom. The van der Waals surface area contributed by atoms with Crippen molar-refractivity contribution in [1.29, 1.82) is 0 Å². The third kappa shape index (κ3) is 3.67. The van der Waals surface area contributed by atoms with Gasteiger partial charge in [0, 0.05) is 16.8 Å². The number of rotatable bonds is 5. The zero-order valence-electron chi connectivity index (χ0n) is 14.4. The number of hydrogen-bond acceptors (Lipinski definition) is 5. The summed E-state index contributed by atoms with van der Waals surface area (Å²) >= 11 is 1.26. The number of thiophene rings is 1. The predicted octanol–water partition coefficient (Wildman–Crippen LogP) is 4.03. The van der Waals surface area contributed by atoms with E-state index in [0.29, 0.717) is 22.2 Å². The standard InChI is InChI=1S/C19H19N3O3S/c1-10(2)9-13-7-8-14-15(20)16(26-18(14)22-13)17(23)21-12-5-3-11(4-6-12)19(24)25/h3-8,10H,9,20H2,1-2H3,(H,21,23)(H,24,25). The fraction of sp³-hybridized carbons (Fsp3) is 0.211. The number of carbonyl (C=O) groups is 2. The quantitative estimate of drug-likeness (QED) is 0.630. The topological polar surface area (TPSA) is 105 Å². The molecule has 3 rings (SSSR count). The molecular formula is C19H19N3O3S. The zero-order chi connectivity index (χ0) is 18.8. The van der Waals surface area contributed by atoms with Crippen LogP contribution in [0.5, 0.6) is 0 Å².